The molecule has 3 heterocycles. The summed E-state index contributed by atoms with van der Waals surface area (Å²) < 4.78 is 5.48. The number of carbonyl (C=O) groups excluding carboxylic acids is 2. The lowest BCUT2D eigenvalue weighted by Crippen LogP contribution is -2.47. The van der Waals surface area contributed by atoms with Crippen LogP contribution in [0.4, 0.5) is 16.6 Å². The molecule has 2 aromatic rings. The van der Waals surface area contributed by atoms with E-state index in [1.807, 2.05) is 26.8 Å². The lowest BCUT2D eigenvalue weighted by molar-refractivity contribution is 0.0199. The van der Waals surface area contributed by atoms with E-state index in [-0.39, 0.29) is 24.6 Å². The van der Waals surface area contributed by atoms with Crippen LogP contribution in [0.5, 0.6) is 0 Å². The first-order valence-electron chi connectivity index (χ1n) is 14.1. The standard InChI is InChI=1S/C29H39ClN6O4/c1-28(2,3)40-27(39)35-11-6-21(7-12-35)33-25(38)22-16-32-26(36-13-10-29(18-36)8-9-29)34-24(22)31-15-19-4-5-20(17-37)23(30)14-19/h4-5,14,16,21,37H,6-13,15,17-18H2,1-3H3,(H,33,38)(H,31,32,34). The van der Waals surface area contributed by atoms with E-state index in [0.29, 0.717) is 65.8 Å². The van der Waals surface area contributed by atoms with Crippen molar-refractivity contribution in [3.05, 3.63) is 46.1 Å². The lowest BCUT2D eigenvalue weighted by Gasteiger charge is -2.33. The van der Waals surface area contributed by atoms with Crippen LogP contribution in [0.25, 0.3) is 0 Å². The number of hydrogen-bond acceptors (Lipinski definition) is 8. The summed E-state index contributed by atoms with van der Waals surface area (Å²) in [5.74, 6) is 0.841. The zero-order valence-electron chi connectivity index (χ0n) is 23.5. The van der Waals surface area contributed by atoms with Crippen LogP contribution in [0.2, 0.25) is 5.02 Å². The van der Waals surface area contributed by atoms with Gasteiger partial charge in [0.2, 0.25) is 5.95 Å². The predicted octanol–water partition coefficient (Wildman–Crippen LogP) is 4.35. The highest BCUT2D eigenvalue weighted by Crippen LogP contribution is 2.53. The van der Waals surface area contributed by atoms with Crippen molar-refractivity contribution in [2.24, 2.45) is 5.41 Å². The molecule has 40 heavy (non-hydrogen) atoms. The zero-order chi connectivity index (χ0) is 28.5. The third-order valence-electron chi connectivity index (χ3n) is 7.93. The smallest absolute Gasteiger partial charge is 0.410 e. The maximum atomic E-state index is 13.4. The molecule has 11 heteroatoms. The van der Waals surface area contributed by atoms with Crippen LogP contribution in [0.15, 0.2) is 24.4 Å². The number of aliphatic hydroxyl groups is 1. The average molecular weight is 571 g/mol. The molecule has 3 N–H and O–H groups in total. The molecule has 10 nitrogen and oxygen atoms in total. The van der Waals surface area contributed by atoms with E-state index in [2.05, 4.69) is 20.5 Å². The average Bonchev–Trinajstić information content (AvgIpc) is 3.54. The maximum absolute atomic E-state index is 13.4. The lowest BCUT2D eigenvalue weighted by atomic mass is 10.0. The summed E-state index contributed by atoms with van der Waals surface area (Å²) in [6, 6.07) is 5.41. The summed E-state index contributed by atoms with van der Waals surface area (Å²) in [4.78, 5) is 39.1. The Morgan fingerprint density at radius 1 is 1.18 bits per heavy atom. The molecule has 1 aliphatic carbocycles. The van der Waals surface area contributed by atoms with Gasteiger partial charge in [-0.25, -0.2) is 9.78 Å². The molecule has 1 saturated carbocycles. The van der Waals surface area contributed by atoms with Gasteiger partial charge >= 0.3 is 6.09 Å². The first-order chi connectivity index (χ1) is 19.0. The van der Waals surface area contributed by atoms with Crippen molar-refractivity contribution in [3.63, 3.8) is 0 Å². The SMILES string of the molecule is CC(C)(C)OC(=O)N1CCC(NC(=O)c2cnc(N3CCC4(CC4)C3)nc2NCc2ccc(CO)c(Cl)c2)CC1. The Kier molecular flexibility index (Phi) is 8.10. The number of aliphatic hydroxyl groups excluding tert-OH is 1. The third-order valence-corrected chi connectivity index (χ3v) is 8.28. The van der Waals surface area contributed by atoms with E-state index in [4.69, 9.17) is 21.3 Å². The van der Waals surface area contributed by atoms with Gasteiger partial charge in [0.15, 0.2) is 0 Å². The van der Waals surface area contributed by atoms with Gasteiger partial charge in [-0.05, 0) is 75.5 Å². The van der Waals surface area contributed by atoms with Gasteiger partial charge in [-0.2, -0.15) is 4.98 Å². The number of piperidine rings is 1. The molecule has 0 radical (unpaired) electrons. The fraction of sp³-hybridized carbons (Fsp3) is 0.586. The second-order valence-electron chi connectivity index (χ2n) is 12.3. The van der Waals surface area contributed by atoms with Crippen LogP contribution in [-0.2, 0) is 17.9 Å². The number of carbonyl (C=O) groups is 2. The number of benzene rings is 1. The van der Waals surface area contributed by atoms with Crippen molar-refractivity contribution >= 4 is 35.4 Å². The Morgan fingerprint density at radius 3 is 2.55 bits per heavy atom. The van der Waals surface area contributed by atoms with Gasteiger partial charge in [0.25, 0.3) is 5.91 Å². The summed E-state index contributed by atoms with van der Waals surface area (Å²) in [6.45, 7) is 8.73. The van der Waals surface area contributed by atoms with Crippen molar-refractivity contribution in [3.8, 4) is 0 Å². The Labute approximate surface area is 240 Å². The molecule has 216 valence electrons. The number of rotatable bonds is 7. The summed E-state index contributed by atoms with van der Waals surface area (Å²) in [5, 5.41) is 16.4. The van der Waals surface area contributed by atoms with Crippen molar-refractivity contribution in [2.45, 2.75) is 77.7 Å². The van der Waals surface area contributed by atoms with Crippen LogP contribution < -0.4 is 15.5 Å². The largest absolute Gasteiger partial charge is 0.444 e. The van der Waals surface area contributed by atoms with Crippen LogP contribution in [0.3, 0.4) is 0 Å². The van der Waals surface area contributed by atoms with Gasteiger partial charge in [0.1, 0.15) is 17.0 Å². The van der Waals surface area contributed by atoms with Gasteiger partial charge in [-0.15, -0.1) is 0 Å². The molecular weight excluding hydrogens is 532 g/mol. The minimum absolute atomic E-state index is 0.0724. The number of likely N-dealkylation sites (tertiary alicyclic amines) is 1. The topological polar surface area (TPSA) is 120 Å². The van der Waals surface area contributed by atoms with Crippen molar-refractivity contribution in [2.75, 3.05) is 36.4 Å². The predicted molar refractivity (Wildman–Crippen MR) is 154 cm³/mol. The number of halogens is 1. The quantitative estimate of drug-likeness (QED) is 0.449. The summed E-state index contributed by atoms with van der Waals surface area (Å²) in [7, 11) is 0. The Balaban J connectivity index is 1.27. The van der Waals surface area contributed by atoms with Crippen LogP contribution >= 0.6 is 11.6 Å². The minimum Gasteiger partial charge on any atom is -0.444 e. The normalized spacial score (nSPS) is 18.6. The maximum Gasteiger partial charge on any atom is 0.410 e. The van der Waals surface area contributed by atoms with E-state index >= 15 is 0 Å². The monoisotopic (exact) mass is 570 g/mol. The number of nitrogens with zero attached hydrogens (tertiary/aromatic N) is 4. The van der Waals surface area contributed by atoms with Gasteiger partial charge in [0, 0.05) is 50.0 Å². The Hall–Kier alpha value is -3.11. The highest BCUT2D eigenvalue weighted by atomic mass is 35.5. The molecule has 3 fully saturated rings. The van der Waals surface area contributed by atoms with Gasteiger partial charge in [-0.1, -0.05) is 23.7 Å². The first kappa shape index (κ1) is 28.4. The number of nitrogens with one attached hydrogen (secondary N) is 2. The molecule has 1 spiro atoms. The van der Waals surface area contributed by atoms with E-state index < -0.39 is 5.60 Å². The molecular formula is C29H39ClN6O4. The molecule has 0 bridgehead atoms. The molecule has 1 aromatic carbocycles. The molecule has 0 unspecified atom stereocenters. The van der Waals surface area contributed by atoms with Crippen molar-refractivity contribution in [1.29, 1.82) is 0 Å². The van der Waals surface area contributed by atoms with Crippen molar-refractivity contribution < 1.29 is 19.4 Å². The number of amides is 2. The molecule has 2 amide bonds. The van der Waals surface area contributed by atoms with Gasteiger partial charge < -0.3 is 30.3 Å². The summed E-state index contributed by atoms with van der Waals surface area (Å²) in [6.07, 6.45) is 6.22. The van der Waals surface area contributed by atoms with Crippen LogP contribution in [0, 0.1) is 5.41 Å². The highest BCUT2D eigenvalue weighted by Gasteiger charge is 2.48. The first-order valence-corrected chi connectivity index (χ1v) is 14.4. The van der Waals surface area contributed by atoms with E-state index in [0.717, 1.165) is 25.1 Å². The Morgan fingerprint density at radius 2 is 1.93 bits per heavy atom. The third kappa shape index (κ3) is 6.78. The zero-order valence-corrected chi connectivity index (χ0v) is 24.3. The minimum atomic E-state index is -0.543. The summed E-state index contributed by atoms with van der Waals surface area (Å²) >= 11 is 6.29. The van der Waals surface area contributed by atoms with E-state index in [1.165, 1.54) is 12.8 Å². The van der Waals surface area contributed by atoms with Crippen LogP contribution in [0.1, 0.15) is 74.4 Å². The van der Waals surface area contributed by atoms with Crippen molar-refractivity contribution in [1.82, 2.24) is 20.2 Å². The molecule has 5 rings (SSSR count). The molecule has 1 aromatic heterocycles. The molecule has 2 saturated heterocycles. The van der Waals surface area contributed by atoms with Gasteiger partial charge in [0.05, 0.1) is 6.61 Å². The molecule has 0 atom stereocenters. The highest BCUT2D eigenvalue weighted by molar-refractivity contribution is 6.31. The number of ether oxygens (including phenoxy) is 1. The van der Waals surface area contributed by atoms with E-state index in [9.17, 15) is 14.7 Å². The molecule has 2 aliphatic heterocycles. The Bertz CT molecular complexity index is 1250. The van der Waals surface area contributed by atoms with Crippen LogP contribution in [-0.4, -0.2) is 69.8 Å². The second-order valence-corrected chi connectivity index (χ2v) is 12.7. The van der Waals surface area contributed by atoms with Gasteiger partial charge in [-0.3, -0.25) is 4.79 Å². The number of aromatic nitrogens is 2. The fourth-order valence-electron chi connectivity index (χ4n) is 5.33. The molecule has 3 aliphatic rings. The van der Waals surface area contributed by atoms with E-state index in [1.54, 1.807) is 23.2 Å². The fourth-order valence-corrected chi connectivity index (χ4v) is 5.59. The summed E-state index contributed by atoms with van der Waals surface area (Å²) in [5.41, 5.74) is 1.82. The number of anilines is 2. The second kappa shape index (κ2) is 11.4. The number of hydrogen-bond donors (Lipinski definition) is 3.